The topological polar surface area (TPSA) is 12.5 Å². The fourth-order valence-electron chi connectivity index (χ4n) is 3.21. The van der Waals surface area contributed by atoms with E-state index in [1.807, 2.05) is 24.3 Å². The molecule has 0 amide bonds. The molecule has 1 unspecified atom stereocenters. The van der Waals surface area contributed by atoms with Gasteiger partial charge in [0.2, 0.25) is 0 Å². The van der Waals surface area contributed by atoms with Crippen molar-refractivity contribution in [2.45, 2.75) is 25.0 Å². The van der Waals surface area contributed by atoms with Gasteiger partial charge in [-0.15, -0.1) is 11.1 Å². The van der Waals surface area contributed by atoms with Crippen molar-refractivity contribution in [2.75, 3.05) is 20.6 Å². The van der Waals surface area contributed by atoms with Gasteiger partial charge in [-0.05, 0) is 51.2 Å². The number of rotatable bonds is 5. The molecular formula is C19H21FNOY-. The van der Waals surface area contributed by atoms with Gasteiger partial charge >= 0.3 is 0 Å². The minimum Gasteiger partial charge on any atom is -0.375 e. The molecule has 0 N–H and O–H groups in total. The average Bonchev–Trinajstić information content (AvgIpc) is 2.88. The maximum absolute atomic E-state index is 13.3. The van der Waals surface area contributed by atoms with Gasteiger partial charge in [-0.1, -0.05) is 12.1 Å². The van der Waals surface area contributed by atoms with Crippen molar-refractivity contribution in [3.63, 3.8) is 0 Å². The van der Waals surface area contributed by atoms with E-state index in [1.54, 1.807) is 0 Å². The molecule has 3 rings (SSSR count). The number of halogens is 1. The van der Waals surface area contributed by atoms with E-state index in [0.717, 1.165) is 24.9 Å². The molecule has 0 fully saturated rings. The number of fused-ring (bicyclic) bond motifs is 1. The normalized spacial score (nSPS) is 19.5. The Morgan fingerprint density at radius 2 is 1.96 bits per heavy atom. The van der Waals surface area contributed by atoms with E-state index in [2.05, 4.69) is 31.1 Å². The third-order valence-electron chi connectivity index (χ3n) is 4.30. The van der Waals surface area contributed by atoms with Crippen molar-refractivity contribution in [2.24, 2.45) is 0 Å². The van der Waals surface area contributed by atoms with Crippen LogP contribution >= 0.6 is 0 Å². The first-order valence-electron chi connectivity index (χ1n) is 7.66. The molecule has 1 atom stereocenters. The molecule has 0 aliphatic carbocycles. The van der Waals surface area contributed by atoms with Crippen molar-refractivity contribution >= 4 is 0 Å². The van der Waals surface area contributed by atoms with Crippen LogP contribution in [-0.2, 0) is 49.7 Å². The van der Waals surface area contributed by atoms with Crippen LogP contribution in [0.1, 0.15) is 29.5 Å². The maximum atomic E-state index is 13.3. The van der Waals surface area contributed by atoms with Crippen LogP contribution in [-0.4, -0.2) is 25.5 Å². The number of hydrogen-bond donors (Lipinski definition) is 0. The number of ether oxygens (including phenoxy) is 1. The van der Waals surface area contributed by atoms with Gasteiger partial charge in [-0.2, -0.15) is 24.3 Å². The molecule has 0 saturated carbocycles. The van der Waals surface area contributed by atoms with E-state index in [1.165, 1.54) is 23.3 Å². The van der Waals surface area contributed by atoms with Gasteiger partial charge in [0, 0.05) is 39.3 Å². The van der Waals surface area contributed by atoms with Crippen LogP contribution in [0.5, 0.6) is 0 Å². The van der Waals surface area contributed by atoms with E-state index in [9.17, 15) is 4.39 Å². The Morgan fingerprint density at radius 1 is 1.22 bits per heavy atom. The Morgan fingerprint density at radius 3 is 2.65 bits per heavy atom. The predicted molar refractivity (Wildman–Crippen MR) is 85.0 cm³/mol. The Kier molecular flexibility index (Phi) is 6.50. The summed E-state index contributed by atoms with van der Waals surface area (Å²) < 4.78 is 19.6. The standard InChI is InChI=1S/C19H21FNO.Y/c1-21(2)13-5-12-19(16-8-10-17(20)11-9-16)18-7-4-3-6-15(18)14-22-19;/h4,6-11H,5,12-14H2,1-2H3;/q-1;. The molecule has 0 aromatic heterocycles. The molecule has 1 aliphatic rings. The summed E-state index contributed by atoms with van der Waals surface area (Å²) in [6.45, 7) is 1.59. The summed E-state index contributed by atoms with van der Waals surface area (Å²) in [5.74, 6) is -0.216. The molecule has 23 heavy (non-hydrogen) atoms. The largest absolute Gasteiger partial charge is 0.375 e. The molecule has 2 nitrogen and oxygen atoms in total. The van der Waals surface area contributed by atoms with E-state index < -0.39 is 5.60 Å². The van der Waals surface area contributed by atoms with Gasteiger partial charge in [0.15, 0.2) is 0 Å². The molecule has 4 heteroatoms. The third-order valence-corrected chi connectivity index (χ3v) is 4.30. The van der Waals surface area contributed by atoms with E-state index >= 15 is 0 Å². The molecule has 0 bridgehead atoms. The third kappa shape index (κ3) is 3.91. The SMILES string of the molecule is CN(C)CCCC1(c2ccc(F)cc2)OCc2c[c-]ccc21.[Y]. The van der Waals surface area contributed by atoms with E-state index in [-0.39, 0.29) is 38.5 Å². The summed E-state index contributed by atoms with van der Waals surface area (Å²) in [5.41, 5.74) is 2.93. The smallest absolute Gasteiger partial charge is 0.123 e. The first kappa shape index (κ1) is 18.7. The Labute approximate surface area is 162 Å². The number of benzene rings is 2. The van der Waals surface area contributed by atoms with Crippen LogP contribution in [0.3, 0.4) is 0 Å². The van der Waals surface area contributed by atoms with Gasteiger partial charge in [0.1, 0.15) is 5.82 Å². The minimum atomic E-state index is -0.464. The zero-order valence-electron chi connectivity index (χ0n) is 13.7. The first-order chi connectivity index (χ1) is 10.6. The molecule has 0 saturated heterocycles. The zero-order chi connectivity index (χ0) is 15.6. The number of hydrogen-bond acceptors (Lipinski definition) is 2. The minimum absolute atomic E-state index is 0. The molecule has 0 spiro atoms. The van der Waals surface area contributed by atoms with Gasteiger partial charge in [-0.3, -0.25) is 0 Å². The van der Waals surface area contributed by atoms with Gasteiger partial charge < -0.3 is 9.64 Å². The van der Waals surface area contributed by atoms with Crippen LogP contribution in [0, 0.1) is 11.9 Å². The molecule has 1 aliphatic heterocycles. The van der Waals surface area contributed by atoms with Crippen molar-refractivity contribution < 1.29 is 41.8 Å². The molecule has 1 heterocycles. The summed E-state index contributed by atoms with van der Waals surface area (Å²) >= 11 is 0. The average molecular weight is 387 g/mol. The van der Waals surface area contributed by atoms with Crippen molar-refractivity contribution in [3.8, 4) is 0 Å². The van der Waals surface area contributed by atoms with Crippen LogP contribution in [0.2, 0.25) is 0 Å². The fourth-order valence-corrected chi connectivity index (χ4v) is 3.21. The summed E-state index contributed by atoms with van der Waals surface area (Å²) in [6.07, 6.45) is 1.90. The Balaban J connectivity index is 0.00000192. The summed E-state index contributed by atoms with van der Waals surface area (Å²) in [5, 5.41) is 0. The van der Waals surface area contributed by atoms with Gasteiger partial charge in [0.05, 0.1) is 5.60 Å². The Hall–Kier alpha value is -0.606. The Bertz CT molecular complexity index is 644. The van der Waals surface area contributed by atoms with Crippen LogP contribution in [0.15, 0.2) is 42.5 Å². The van der Waals surface area contributed by atoms with Crippen LogP contribution in [0.25, 0.3) is 0 Å². The molecule has 1 radical (unpaired) electrons. The van der Waals surface area contributed by atoms with Crippen LogP contribution < -0.4 is 0 Å². The van der Waals surface area contributed by atoms with E-state index in [4.69, 9.17) is 4.74 Å². The molecule has 2 aromatic carbocycles. The van der Waals surface area contributed by atoms with E-state index in [0.29, 0.717) is 6.61 Å². The summed E-state index contributed by atoms with van der Waals surface area (Å²) in [7, 11) is 4.14. The second-order valence-electron chi connectivity index (χ2n) is 6.11. The van der Waals surface area contributed by atoms with Gasteiger partial charge in [0.25, 0.3) is 0 Å². The van der Waals surface area contributed by atoms with Crippen molar-refractivity contribution in [1.82, 2.24) is 4.90 Å². The second-order valence-corrected chi connectivity index (χ2v) is 6.11. The van der Waals surface area contributed by atoms with Gasteiger partial charge in [-0.25, -0.2) is 4.39 Å². The molecule has 119 valence electrons. The van der Waals surface area contributed by atoms with Crippen molar-refractivity contribution in [1.29, 1.82) is 0 Å². The summed E-state index contributed by atoms with van der Waals surface area (Å²) in [6, 6.07) is 15.8. The monoisotopic (exact) mass is 387 g/mol. The quantitative estimate of drug-likeness (QED) is 0.725. The predicted octanol–water partition coefficient (Wildman–Crippen LogP) is 3.74. The van der Waals surface area contributed by atoms with Crippen LogP contribution in [0.4, 0.5) is 4.39 Å². The molecular weight excluding hydrogens is 366 g/mol. The summed E-state index contributed by atoms with van der Waals surface area (Å²) in [4.78, 5) is 2.17. The maximum Gasteiger partial charge on any atom is 0.123 e. The first-order valence-corrected chi connectivity index (χ1v) is 7.66. The second kappa shape index (κ2) is 7.98. The van der Waals surface area contributed by atoms with Crippen molar-refractivity contribution in [3.05, 3.63) is 71.0 Å². The molecule has 2 aromatic rings. The number of nitrogens with zero attached hydrogens (tertiary/aromatic N) is 1. The zero-order valence-corrected chi connectivity index (χ0v) is 16.5. The fraction of sp³-hybridized carbons (Fsp3) is 0.368.